The van der Waals surface area contributed by atoms with E-state index in [2.05, 4.69) is 20.5 Å². The van der Waals surface area contributed by atoms with Gasteiger partial charge in [0.05, 0.1) is 6.61 Å². The van der Waals surface area contributed by atoms with Crippen LogP contribution in [0.4, 0.5) is 0 Å². The van der Waals surface area contributed by atoms with E-state index in [9.17, 15) is 9.59 Å². The molecular formula is C10H16N4O4. The zero-order chi connectivity index (χ0) is 13.5. The third-order valence-corrected chi connectivity index (χ3v) is 2.16. The molecule has 3 N–H and O–H groups in total. The average Bonchev–Trinajstić information content (AvgIpc) is 2.77. The van der Waals surface area contributed by atoms with Crippen molar-refractivity contribution in [3.05, 3.63) is 11.6 Å². The smallest absolute Gasteiger partial charge is 0.328 e. The third-order valence-electron chi connectivity index (χ3n) is 2.16. The maximum Gasteiger partial charge on any atom is 0.328 e. The van der Waals surface area contributed by atoms with Crippen molar-refractivity contribution in [3.63, 3.8) is 0 Å². The second kappa shape index (κ2) is 6.70. The van der Waals surface area contributed by atoms with E-state index in [0.29, 0.717) is 12.2 Å². The van der Waals surface area contributed by atoms with Gasteiger partial charge >= 0.3 is 5.97 Å². The van der Waals surface area contributed by atoms with Crippen LogP contribution in [0.5, 0.6) is 0 Å². The van der Waals surface area contributed by atoms with E-state index in [1.165, 1.54) is 7.11 Å². The van der Waals surface area contributed by atoms with Gasteiger partial charge in [0.1, 0.15) is 5.82 Å². The summed E-state index contributed by atoms with van der Waals surface area (Å²) in [6.45, 7) is 1.86. The number of amides is 1. The van der Waals surface area contributed by atoms with E-state index in [4.69, 9.17) is 9.84 Å². The van der Waals surface area contributed by atoms with E-state index in [0.717, 1.165) is 6.42 Å². The molecule has 1 rings (SSSR count). The summed E-state index contributed by atoms with van der Waals surface area (Å²) in [6.07, 6.45) is 1.55. The molecule has 0 radical (unpaired) electrons. The number of methoxy groups -OCH3 is 1. The number of hydrogen-bond acceptors (Lipinski definition) is 5. The zero-order valence-electron chi connectivity index (χ0n) is 10.3. The molecule has 1 aromatic heterocycles. The van der Waals surface area contributed by atoms with Gasteiger partial charge in [-0.3, -0.25) is 9.89 Å². The van der Waals surface area contributed by atoms with Gasteiger partial charge in [0.2, 0.25) is 5.82 Å². The fourth-order valence-electron chi connectivity index (χ4n) is 1.31. The fourth-order valence-corrected chi connectivity index (χ4v) is 1.31. The van der Waals surface area contributed by atoms with Crippen molar-refractivity contribution >= 4 is 11.9 Å². The summed E-state index contributed by atoms with van der Waals surface area (Å²) in [4.78, 5) is 26.5. The highest BCUT2D eigenvalue weighted by atomic mass is 16.5. The molecular weight excluding hydrogens is 240 g/mol. The minimum atomic E-state index is -1.17. The molecule has 8 heteroatoms. The van der Waals surface area contributed by atoms with Crippen LogP contribution in [0.3, 0.4) is 0 Å². The number of aromatic nitrogens is 3. The number of carboxylic acids is 1. The average molecular weight is 256 g/mol. The van der Waals surface area contributed by atoms with Crippen molar-refractivity contribution in [1.29, 1.82) is 0 Å². The highest BCUT2D eigenvalue weighted by Crippen LogP contribution is 1.97. The summed E-state index contributed by atoms with van der Waals surface area (Å²) in [5.41, 5.74) is 0. The number of aromatic amines is 1. The van der Waals surface area contributed by atoms with E-state index in [-0.39, 0.29) is 12.4 Å². The first-order chi connectivity index (χ1) is 8.58. The molecule has 0 aromatic carbocycles. The van der Waals surface area contributed by atoms with Gasteiger partial charge in [-0.1, -0.05) is 6.92 Å². The summed E-state index contributed by atoms with van der Waals surface area (Å²) < 4.78 is 4.70. The van der Waals surface area contributed by atoms with Gasteiger partial charge < -0.3 is 15.2 Å². The van der Waals surface area contributed by atoms with Crippen molar-refractivity contribution in [2.45, 2.75) is 25.8 Å². The van der Waals surface area contributed by atoms with Crippen LogP contribution < -0.4 is 5.32 Å². The normalized spacial score (nSPS) is 12.1. The highest BCUT2D eigenvalue weighted by molar-refractivity contribution is 5.93. The minimum absolute atomic E-state index is 0.0687. The summed E-state index contributed by atoms with van der Waals surface area (Å²) in [5, 5.41) is 17.5. The van der Waals surface area contributed by atoms with Crippen molar-refractivity contribution in [3.8, 4) is 0 Å². The summed E-state index contributed by atoms with van der Waals surface area (Å²) >= 11 is 0. The van der Waals surface area contributed by atoms with Crippen LogP contribution in [0, 0.1) is 0 Å². The van der Waals surface area contributed by atoms with Crippen molar-refractivity contribution in [2.75, 3.05) is 13.7 Å². The molecule has 1 amide bonds. The minimum Gasteiger partial charge on any atom is -0.480 e. The van der Waals surface area contributed by atoms with E-state index in [1.807, 2.05) is 6.92 Å². The van der Waals surface area contributed by atoms with Crippen LogP contribution in [0.1, 0.15) is 29.8 Å². The lowest BCUT2D eigenvalue weighted by atomic mass is 10.3. The number of aliphatic carboxylic acids is 1. The topological polar surface area (TPSA) is 117 Å². The van der Waals surface area contributed by atoms with Crippen molar-refractivity contribution in [1.82, 2.24) is 20.5 Å². The molecule has 1 heterocycles. The summed E-state index contributed by atoms with van der Waals surface area (Å²) in [7, 11) is 1.36. The van der Waals surface area contributed by atoms with Gasteiger partial charge in [-0.15, -0.1) is 5.10 Å². The van der Waals surface area contributed by atoms with E-state index >= 15 is 0 Å². The summed E-state index contributed by atoms with van der Waals surface area (Å²) in [6, 6.07) is -1.12. The van der Waals surface area contributed by atoms with Crippen LogP contribution in [0.15, 0.2) is 0 Å². The van der Waals surface area contributed by atoms with Crippen LogP contribution >= 0.6 is 0 Å². The lowest BCUT2D eigenvalue weighted by molar-refractivity contribution is -0.140. The summed E-state index contributed by atoms with van der Waals surface area (Å²) in [5.74, 6) is -1.28. The lowest BCUT2D eigenvalue weighted by Crippen LogP contribution is -2.44. The number of nitrogens with one attached hydrogen (secondary N) is 2. The molecule has 0 fully saturated rings. The predicted octanol–water partition coefficient (Wildman–Crippen LogP) is -0.413. The number of carboxylic acid groups (broad SMARTS) is 1. The zero-order valence-corrected chi connectivity index (χ0v) is 10.3. The molecule has 0 aliphatic heterocycles. The van der Waals surface area contributed by atoms with E-state index < -0.39 is 17.9 Å². The second-order valence-corrected chi connectivity index (χ2v) is 3.68. The first-order valence-electron chi connectivity index (χ1n) is 5.52. The van der Waals surface area contributed by atoms with Gasteiger partial charge in [-0.2, -0.15) is 0 Å². The largest absolute Gasteiger partial charge is 0.480 e. The Morgan fingerprint density at radius 1 is 1.56 bits per heavy atom. The Kier molecular flexibility index (Phi) is 5.25. The quantitative estimate of drug-likeness (QED) is 0.610. The Hall–Kier alpha value is -1.96. The Balaban J connectivity index is 2.64. The predicted molar refractivity (Wildman–Crippen MR) is 61.1 cm³/mol. The monoisotopic (exact) mass is 256 g/mol. The third kappa shape index (κ3) is 3.81. The Labute approximate surface area is 104 Å². The molecule has 1 aromatic rings. The number of H-pyrrole nitrogens is 1. The second-order valence-electron chi connectivity index (χ2n) is 3.68. The number of rotatable bonds is 7. The SMILES string of the molecule is CCCc1nc(C(=O)NC(COC)C(=O)O)n[nH]1. The van der Waals surface area contributed by atoms with Crippen LogP contribution in [-0.2, 0) is 16.0 Å². The number of carbonyl (C=O) groups excluding carboxylic acids is 1. The molecule has 0 aliphatic rings. The molecule has 0 aliphatic carbocycles. The van der Waals surface area contributed by atoms with Crippen molar-refractivity contribution < 1.29 is 19.4 Å². The Bertz CT molecular complexity index is 418. The molecule has 18 heavy (non-hydrogen) atoms. The standard InChI is InChI=1S/C10H16N4O4/c1-3-4-7-12-8(14-13-7)9(15)11-6(5-18-2)10(16)17/h6H,3-5H2,1-2H3,(H,11,15)(H,16,17)(H,12,13,14). The Morgan fingerprint density at radius 2 is 2.28 bits per heavy atom. The molecule has 1 atom stereocenters. The molecule has 0 bridgehead atoms. The number of carbonyl (C=O) groups is 2. The van der Waals surface area contributed by atoms with Gasteiger partial charge in [0.15, 0.2) is 6.04 Å². The number of nitrogens with zero attached hydrogens (tertiary/aromatic N) is 2. The number of aryl methyl sites for hydroxylation is 1. The van der Waals surface area contributed by atoms with Crippen LogP contribution in [-0.4, -0.2) is 51.9 Å². The molecule has 0 spiro atoms. The fraction of sp³-hybridized carbons (Fsp3) is 0.600. The first-order valence-corrected chi connectivity index (χ1v) is 5.52. The Morgan fingerprint density at radius 3 is 2.83 bits per heavy atom. The lowest BCUT2D eigenvalue weighted by Gasteiger charge is -2.11. The van der Waals surface area contributed by atoms with Gasteiger partial charge in [0, 0.05) is 13.5 Å². The van der Waals surface area contributed by atoms with Crippen LogP contribution in [0.2, 0.25) is 0 Å². The van der Waals surface area contributed by atoms with Gasteiger partial charge in [-0.05, 0) is 6.42 Å². The maximum absolute atomic E-state index is 11.7. The molecule has 100 valence electrons. The first kappa shape index (κ1) is 14.1. The number of hydrogen-bond donors (Lipinski definition) is 3. The van der Waals surface area contributed by atoms with Crippen molar-refractivity contribution in [2.24, 2.45) is 0 Å². The van der Waals surface area contributed by atoms with Gasteiger partial charge in [0.25, 0.3) is 5.91 Å². The molecule has 1 unspecified atom stereocenters. The van der Waals surface area contributed by atoms with E-state index in [1.54, 1.807) is 0 Å². The molecule has 0 saturated carbocycles. The van der Waals surface area contributed by atoms with Gasteiger partial charge in [-0.25, -0.2) is 9.78 Å². The van der Waals surface area contributed by atoms with Crippen LogP contribution in [0.25, 0.3) is 0 Å². The highest BCUT2D eigenvalue weighted by Gasteiger charge is 2.22. The molecule has 8 nitrogen and oxygen atoms in total. The maximum atomic E-state index is 11.7. The molecule has 0 saturated heterocycles. The number of ether oxygens (including phenoxy) is 1.